The molecule has 0 aromatic carbocycles. The maximum atomic E-state index is 11.1. The van der Waals surface area contributed by atoms with Gasteiger partial charge in [-0.25, -0.2) is 0 Å². The molecule has 1 amide bonds. The fourth-order valence-electron chi connectivity index (χ4n) is 2.61. The molecule has 102 valence electrons. The molecule has 1 aromatic heterocycles. The normalized spacial score (nSPS) is 22.4. The van der Waals surface area contributed by atoms with Crippen molar-refractivity contribution in [2.75, 3.05) is 31.1 Å². The first-order chi connectivity index (χ1) is 9.17. The van der Waals surface area contributed by atoms with Crippen LogP contribution in [0.15, 0.2) is 12.1 Å². The molecule has 2 fully saturated rings. The van der Waals surface area contributed by atoms with E-state index >= 15 is 0 Å². The van der Waals surface area contributed by atoms with Crippen LogP contribution in [0, 0.1) is 6.92 Å². The van der Waals surface area contributed by atoms with Crippen molar-refractivity contribution in [2.24, 2.45) is 0 Å². The zero-order valence-electron chi connectivity index (χ0n) is 11.1. The van der Waals surface area contributed by atoms with Crippen molar-refractivity contribution < 1.29 is 9.53 Å². The second kappa shape index (κ2) is 4.77. The Hall–Kier alpha value is -1.69. The third-order valence-electron chi connectivity index (χ3n) is 3.90. The summed E-state index contributed by atoms with van der Waals surface area (Å²) in [4.78, 5) is 13.4. The molecule has 0 saturated carbocycles. The van der Waals surface area contributed by atoms with Crippen LogP contribution in [0.2, 0.25) is 0 Å². The molecule has 0 radical (unpaired) electrons. The minimum Gasteiger partial charge on any atom is -0.363 e. The lowest BCUT2D eigenvalue weighted by Gasteiger charge is -2.43. The zero-order chi connectivity index (χ0) is 13.3. The number of carbonyl (C=O) groups is 1. The van der Waals surface area contributed by atoms with Gasteiger partial charge in [0.05, 0.1) is 11.3 Å². The summed E-state index contributed by atoms with van der Waals surface area (Å²) in [5.41, 5.74) is 0.748. The Morgan fingerprint density at radius 3 is 2.68 bits per heavy atom. The molecule has 19 heavy (non-hydrogen) atoms. The molecule has 6 heteroatoms. The summed E-state index contributed by atoms with van der Waals surface area (Å²) < 4.78 is 5.75. The molecular weight excluding hydrogens is 244 g/mol. The molecule has 1 N–H and O–H groups in total. The van der Waals surface area contributed by atoms with Crippen molar-refractivity contribution in [3.63, 3.8) is 0 Å². The van der Waals surface area contributed by atoms with Gasteiger partial charge in [0.1, 0.15) is 6.61 Å². The van der Waals surface area contributed by atoms with E-state index in [4.69, 9.17) is 4.74 Å². The summed E-state index contributed by atoms with van der Waals surface area (Å²) in [6.07, 6.45) is 1.81. The number of aromatic nitrogens is 2. The molecule has 0 aliphatic carbocycles. The maximum absolute atomic E-state index is 11.1. The van der Waals surface area contributed by atoms with Crippen molar-refractivity contribution in [3.05, 3.63) is 17.8 Å². The van der Waals surface area contributed by atoms with Gasteiger partial charge in [-0.2, -0.15) is 5.10 Å². The fraction of sp³-hybridized carbons (Fsp3) is 0.615. The Morgan fingerprint density at radius 2 is 2.11 bits per heavy atom. The predicted molar refractivity (Wildman–Crippen MR) is 69.9 cm³/mol. The van der Waals surface area contributed by atoms with Crippen molar-refractivity contribution in [1.82, 2.24) is 15.5 Å². The van der Waals surface area contributed by atoms with Gasteiger partial charge < -0.3 is 15.0 Å². The summed E-state index contributed by atoms with van der Waals surface area (Å²) in [6, 6.07) is 3.98. The van der Waals surface area contributed by atoms with E-state index in [2.05, 4.69) is 20.4 Å². The van der Waals surface area contributed by atoms with Gasteiger partial charge in [-0.05, 0) is 31.9 Å². The van der Waals surface area contributed by atoms with E-state index in [9.17, 15) is 4.79 Å². The molecule has 2 aliphatic rings. The van der Waals surface area contributed by atoms with Crippen LogP contribution in [0.25, 0.3) is 0 Å². The number of anilines is 1. The fourth-order valence-corrected chi connectivity index (χ4v) is 2.61. The van der Waals surface area contributed by atoms with E-state index in [-0.39, 0.29) is 18.1 Å². The lowest BCUT2D eigenvalue weighted by molar-refractivity contribution is -0.146. The van der Waals surface area contributed by atoms with E-state index in [0.29, 0.717) is 6.54 Å². The molecule has 6 nitrogen and oxygen atoms in total. The number of piperidine rings is 1. The summed E-state index contributed by atoms with van der Waals surface area (Å²) in [5.74, 6) is 0.901. The molecule has 1 spiro atoms. The first-order valence-corrected chi connectivity index (χ1v) is 6.63. The Labute approximate surface area is 112 Å². The van der Waals surface area contributed by atoms with E-state index < -0.39 is 0 Å². The predicted octanol–water partition coefficient (Wildman–Crippen LogP) is 0.270. The molecule has 3 rings (SSSR count). The zero-order valence-corrected chi connectivity index (χ0v) is 11.1. The van der Waals surface area contributed by atoms with Gasteiger partial charge in [-0.15, -0.1) is 5.10 Å². The van der Waals surface area contributed by atoms with Gasteiger partial charge in [0, 0.05) is 19.6 Å². The second-order valence-corrected chi connectivity index (χ2v) is 5.27. The quantitative estimate of drug-likeness (QED) is 0.787. The highest BCUT2D eigenvalue weighted by atomic mass is 16.5. The van der Waals surface area contributed by atoms with Crippen molar-refractivity contribution in [2.45, 2.75) is 25.4 Å². The topological polar surface area (TPSA) is 67.4 Å². The first-order valence-electron chi connectivity index (χ1n) is 6.63. The van der Waals surface area contributed by atoms with Crippen LogP contribution in [0.5, 0.6) is 0 Å². The number of carbonyl (C=O) groups excluding carboxylic acids is 1. The largest absolute Gasteiger partial charge is 0.363 e. The number of rotatable bonds is 1. The molecule has 2 aliphatic heterocycles. The number of nitrogens with zero attached hydrogens (tertiary/aromatic N) is 3. The first kappa shape index (κ1) is 12.3. The van der Waals surface area contributed by atoms with Gasteiger partial charge in [0.25, 0.3) is 0 Å². The third kappa shape index (κ3) is 2.53. The van der Waals surface area contributed by atoms with Crippen molar-refractivity contribution in [3.8, 4) is 0 Å². The van der Waals surface area contributed by atoms with Crippen LogP contribution < -0.4 is 10.2 Å². The standard InChI is InChI=1S/C13H18N4O2/c1-10-2-3-11(16-15-10)17-6-4-13(5-7-17)9-14-12(18)8-19-13/h2-3H,4-9H2,1H3,(H,14,18). The minimum atomic E-state index is -0.178. The van der Waals surface area contributed by atoms with Gasteiger partial charge >= 0.3 is 0 Å². The summed E-state index contributed by atoms with van der Waals surface area (Å²) in [7, 11) is 0. The van der Waals surface area contributed by atoms with E-state index in [0.717, 1.165) is 37.4 Å². The number of hydrogen-bond donors (Lipinski definition) is 1. The highest BCUT2D eigenvalue weighted by Gasteiger charge is 2.39. The van der Waals surface area contributed by atoms with Crippen molar-refractivity contribution >= 4 is 11.7 Å². The Bertz CT molecular complexity index is 454. The molecule has 0 unspecified atom stereocenters. The van der Waals surface area contributed by atoms with Crippen molar-refractivity contribution in [1.29, 1.82) is 0 Å². The summed E-state index contributed by atoms with van der Waals surface area (Å²) in [6.45, 7) is 4.51. The highest BCUT2D eigenvalue weighted by molar-refractivity contribution is 5.78. The molecule has 0 bridgehead atoms. The summed E-state index contributed by atoms with van der Waals surface area (Å²) in [5, 5.41) is 11.2. The number of morpholine rings is 1. The number of aryl methyl sites for hydroxylation is 1. The SMILES string of the molecule is Cc1ccc(N2CCC3(CC2)CNC(=O)CO3)nn1. The molecule has 2 saturated heterocycles. The van der Waals surface area contributed by atoms with Gasteiger partial charge in [-0.1, -0.05) is 0 Å². The number of nitrogens with one attached hydrogen (secondary N) is 1. The van der Waals surface area contributed by atoms with Gasteiger partial charge in [0.2, 0.25) is 5.91 Å². The molecular formula is C13H18N4O2. The second-order valence-electron chi connectivity index (χ2n) is 5.27. The van der Waals surface area contributed by atoms with E-state index in [1.54, 1.807) is 0 Å². The summed E-state index contributed by atoms with van der Waals surface area (Å²) >= 11 is 0. The average Bonchev–Trinajstić information content (AvgIpc) is 2.44. The van der Waals surface area contributed by atoms with Gasteiger partial charge in [0.15, 0.2) is 5.82 Å². The van der Waals surface area contributed by atoms with E-state index in [1.807, 2.05) is 19.1 Å². The number of hydrogen-bond acceptors (Lipinski definition) is 5. The Morgan fingerprint density at radius 1 is 1.32 bits per heavy atom. The van der Waals surface area contributed by atoms with Crippen LogP contribution in [-0.4, -0.2) is 47.9 Å². The maximum Gasteiger partial charge on any atom is 0.246 e. The van der Waals surface area contributed by atoms with Gasteiger partial charge in [-0.3, -0.25) is 4.79 Å². The Kier molecular flexibility index (Phi) is 3.10. The van der Waals surface area contributed by atoms with Crippen LogP contribution in [0.4, 0.5) is 5.82 Å². The minimum absolute atomic E-state index is 0.0162. The van der Waals surface area contributed by atoms with Crippen LogP contribution in [0.3, 0.4) is 0 Å². The van der Waals surface area contributed by atoms with Crippen LogP contribution in [-0.2, 0) is 9.53 Å². The highest BCUT2D eigenvalue weighted by Crippen LogP contribution is 2.29. The van der Waals surface area contributed by atoms with Crippen LogP contribution >= 0.6 is 0 Å². The molecule has 0 atom stereocenters. The smallest absolute Gasteiger partial charge is 0.246 e. The third-order valence-corrected chi connectivity index (χ3v) is 3.90. The van der Waals surface area contributed by atoms with E-state index in [1.165, 1.54) is 0 Å². The Balaban J connectivity index is 1.63. The number of ether oxygens (including phenoxy) is 1. The number of amides is 1. The monoisotopic (exact) mass is 262 g/mol. The molecule has 3 heterocycles. The van der Waals surface area contributed by atoms with Crippen LogP contribution in [0.1, 0.15) is 18.5 Å². The average molecular weight is 262 g/mol. The molecule has 1 aromatic rings. The lowest BCUT2D eigenvalue weighted by Crippen LogP contribution is -2.57. The lowest BCUT2D eigenvalue weighted by atomic mass is 9.90.